The van der Waals surface area contributed by atoms with Gasteiger partial charge in [0.2, 0.25) is 0 Å². The first-order chi connectivity index (χ1) is 7.74. The Morgan fingerprint density at radius 1 is 1.56 bits per heavy atom. The van der Waals surface area contributed by atoms with Crippen molar-refractivity contribution in [1.82, 2.24) is 10.3 Å². The third kappa shape index (κ3) is 4.40. The number of carboxylic acids is 1. The molecule has 2 N–H and O–H groups in total. The van der Waals surface area contributed by atoms with Crippen molar-refractivity contribution in [1.29, 1.82) is 0 Å². The Morgan fingerprint density at radius 2 is 2.38 bits per heavy atom. The lowest BCUT2D eigenvalue weighted by Gasteiger charge is -2.10. The van der Waals surface area contributed by atoms with Crippen LogP contribution >= 0.6 is 0 Å². The Bertz CT molecular complexity index is 314. The van der Waals surface area contributed by atoms with Crippen LogP contribution in [0.3, 0.4) is 0 Å². The van der Waals surface area contributed by atoms with Crippen molar-refractivity contribution in [2.24, 2.45) is 5.92 Å². The van der Waals surface area contributed by atoms with E-state index in [-0.39, 0.29) is 5.92 Å². The van der Waals surface area contributed by atoms with E-state index in [9.17, 15) is 4.79 Å². The summed E-state index contributed by atoms with van der Waals surface area (Å²) in [6, 6.07) is 5.80. The van der Waals surface area contributed by atoms with Crippen LogP contribution in [0.2, 0.25) is 0 Å². The monoisotopic (exact) mass is 222 g/mol. The van der Waals surface area contributed by atoms with Gasteiger partial charge in [-0.15, -0.1) is 0 Å². The molecule has 0 aliphatic heterocycles. The highest BCUT2D eigenvalue weighted by molar-refractivity contribution is 5.70. The van der Waals surface area contributed by atoms with Crippen LogP contribution in [-0.2, 0) is 11.2 Å². The van der Waals surface area contributed by atoms with Gasteiger partial charge in [0.05, 0.1) is 5.92 Å². The largest absolute Gasteiger partial charge is 0.481 e. The van der Waals surface area contributed by atoms with E-state index in [1.54, 1.807) is 6.20 Å². The van der Waals surface area contributed by atoms with Gasteiger partial charge in [0, 0.05) is 31.4 Å². The molecule has 0 aromatic carbocycles. The van der Waals surface area contributed by atoms with Crippen LogP contribution in [0.4, 0.5) is 0 Å². The van der Waals surface area contributed by atoms with Crippen LogP contribution in [-0.4, -0.2) is 29.1 Å². The molecule has 1 rings (SSSR count). The number of nitrogens with zero attached hydrogens (tertiary/aromatic N) is 1. The molecular formula is C12H18N2O2. The summed E-state index contributed by atoms with van der Waals surface area (Å²) in [7, 11) is 0. The summed E-state index contributed by atoms with van der Waals surface area (Å²) in [5, 5.41) is 12.0. The van der Waals surface area contributed by atoms with Gasteiger partial charge in [0.1, 0.15) is 0 Å². The predicted molar refractivity (Wildman–Crippen MR) is 62.2 cm³/mol. The Hall–Kier alpha value is -1.42. The maximum absolute atomic E-state index is 10.7. The van der Waals surface area contributed by atoms with Gasteiger partial charge in [-0.25, -0.2) is 0 Å². The number of hydrogen-bond acceptors (Lipinski definition) is 3. The first-order valence-electron chi connectivity index (χ1n) is 5.57. The second-order valence-corrected chi connectivity index (χ2v) is 3.72. The number of aromatic nitrogens is 1. The average molecular weight is 222 g/mol. The highest BCUT2D eigenvalue weighted by Gasteiger charge is 2.13. The van der Waals surface area contributed by atoms with E-state index < -0.39 is 5.97 Å². The minimum Gasteiger partial charge on any atom is -0.481 e. The molecule has 0 radical (unpaired) electrons. The lowest BCUT2D eigenvalue weighted by atomic mass is 10.1. The molecule has 0 aliphatic carbocycles. The van der Waals surface area contributed by atoms with Crippen molar-refractivity contribution < 1.29 is 9.90 Å². The summed E-state index contributed by atoms with van der Waals surface area (Å²) in [6.07, 6.45) is 3.25. The van der Waals surface area contributed by atoms with Crippen molar-refractivity contribution in [2.75, 3.05) is 13.1 Å². The molecule has 1 unspecified atom stereocenters. The predicted octanol–water partition coefficient (Wildman–Crippen LogP) is 1.32. The molecule has 4 nitrogen and oxygen atoms in total. The molecule has 1 atom stereocenters. The van der Waals surface area contributed by atoms with E-state index in [0.29, 0.717) is 13.0 Å². The lowest BCUT2D eigenvalue weighted by Crippen LogP contribution is -2.29. The van der Waals surface area contributed by atoms with Crippen molar-refractivity contribution in [3.63, 3.8) is 0 Å². The fourth-order valence-electron chi connectivity index (χ4n) is 1.45. The maximum Gasteiger partial charge on any atom is 0.307 e. The summed E-state index contributed by atoms with van der Waals surface area (Å²) in [5.41, 5.74) is 1.03. The van der Waals surface area contributed by atoms with Crippen LogP contribution < -0.4 is 5.32 Å². The standard InChI is InChI=1S/C12H18N2O2/c1-2-10(12(15)16)9-13-8-6-11-5-3-4-7-14-11/h3-5,7,10,13H,2,6,8-9H2,1H3,(H,15,16). The number of aliphatic carboxylic acids is 1. The van der Waals surface area contributed by atoms with Gasteiger partial charge in [-0.1, -0.05) is 13.0 Å². The first-order valence-corrected chi connectivity index (χ1v) is 5.57. The Labute approximate surface area is 95.7 Å². The summed E-state index contributed by atoms with van der Waals surface area (Å²) >= 11 is 0. The summed E-state index contributed by atoms with van der Waals surface area (Å²) in [6.45, 7) is 3.18. The first kappa shape index (κ1) is 12.6. The van der Waals surface area contributed by atoms with E-state index in [0.717, 1.165) is 18.7 Å². The fourth-order valence-corrected chi connectivity index (χ4v) is 1.45. The van der Waals surface area contributed by atoms with Crippen molar-refractivity contribution in [3.05, 3.63) is 30.1 Å². The number of carboxylic acid groups (broad SMARTS) is 1. The van der Waals surface area contributed by atoms with Crippen LogP contribution in [0.5, 0.6) is 0 Å². The van der Waals surface area contributed by atoms with E-state index in [1.807, 2.05) is 25.1 Å². The quantitative estimate of drug-likeness (QED) is 0.683. The third-order valence-electron chi connectivity index (χ3n) is 2.52. The lowest BCUT2D eigenvalue weighted by molar-refractivity contribution is -0.141. The van der Waals surface area contributed by atoms with Crippen molar-refractivity contribution >= 4 is 5.97 Å². The smallest absolute Gasteiger partial charge is 0.307 e. The van der Waals surface area contributed by atoms with Crippen LogP contribution in [0.1, 0.15) is 19.0 Å². The van der Waals surface area contributed by atoms with E-state index in [2.05, 4.69) is 10.3 Å². The van der Waals surface area contributed by atoms with E-state index in [1.165, 1.54) is 0 Å². The topological polar surface area (TPSA) is 62.2 Å². The summed E-state index contributed by atoms with van der Waals surface area (Å²) in [5.74, 6) is -1.02. The molecule has 0 aliphatic rings. The van der Waals surface area contributed by atoms with Gasteiger partial charge in [-0.3, -0.25) is 9.78 Å². The molecule has 0 fully saturated rings. The van der Waals surface area contributed by atoms with Crippen LogP contribution in [0, 0.1) is 5.92 Å². The summed E-state index contributed by atoms with van der Waals surface area (Å²) < 4.78 is 0. The second-order valence-electron chi connectivity index (χ2n) is 3.72. The molecule has 0 saturated carbocycles. The van der Waals surface area contributed by atoms with Gasteiger partial charge in [0.15, 0.2) is 0 Å². The molecular weight excluding hydrogens is 204 g/mol. The van der Waals surface area contributed by atoms with Crippen molar-refractivity contribution in [3.8, 4) is 0 Å². The zero-order valence-electron chi connectivity index (χ0n) is 9.52. The average Bonchev–Trinajstić information content (AvgIpc) is 2.30. The number of hydrogen-bond donors (Lipinski definition) is 2. The van der Waals surface area contributed by atoms with Gasteiger partial charge in [-0.05, 0) is 18.6 Å². The Morgan fingerprint density at radius 3 is 2.94 bits per heavy atom. The number of nitrogens with one attached hydrogen (secondary N) is 1. The number of carbonyl (C=O) groups is 1. The highest BCUT2D eigenvalue weighted by Crippen LogP contribution is 2.00. The van der Waals surface area contributed by atoms with E-state index >= 15 is 0 Å². The molecule has 4 heteroatoms. The zero-order chi connectivity index (χ0) is 11.8. The van der Waals surface area contributed by atoms with Gasteiger partial charge < -0.3 is 10.4 Å². The Kier molecular flexibility index (Phi) is 5.50. The number of rotatable bonds is 7. The van der Waals surface area contributed by atoms with Gasteiger partial charge in [0.25, 0.3) is 0 Å². The SMILES string of the molecule is CCC(CNCCc1ccccn1)C(=O)O. The fraction of sp³-hybridized carbons (Fsp3) is 0.500. The van der Waals surface area contributed by atoms with Gasteiger partial charge >= 0.3 is 5.97 Å². The van der Waals surface area contributed by atoms with Gasteiger partial charge in [-0.2, -0.15) is 0 Å². The Balaban J connectivity index is 2.19. The van der Waals surface area contributed by atoms with Crippen molar-refractivity contribution in [2.45, 2.75) is 19.8 Å². The molecule has 0 saturated heterocycles. The molecule has 1 aromatic heterocycles. The minimum absolute atomic E-state index is 0.288. The van der Waals surface area contributed by atoms with Crippen LogP contribution in [0.25, 0.3) is 0 Å². The van der Waals surface area contributed by atoms with E-state index in [4.69, 9.17) is 5.11 Å². The normalized spacial score (nSPS) is 12.3. The van der Waals surface area contributed by atoms with Crippen LogP contribution in [0.15, 0.2) is 24.4 Å². The summed E-state index contributed by atoms with van der Waals surface area (Å²) in [4.78, 5) is 14.9. The molecule has 1 heterocycles. The zero-order valence-corrected chi connectivity index (χ0v) is 9.52. The highest BCUT2D eigenvalue weighted by atomic mass is 16.4. The molecule has 16 heavy (non-hydrogen) atoms. The molecule has 0 spiro atoms. The molecule has 0 amide bonds. The molecule has 0 bridgehead atoms. The maximum atomic E-state index is 10.7. The number of pyridine rings is 1. The molecule has 88 valence electrons. The second kappa shape index (κ2) is 6.95. The minimum atomic E-state index is -0.729. The third-order valence-corrected chi connectivity index (χ3v) is 2.52. The molecule has 1 aromatic rings.